The Bertz CT molecular complexity index is 1010. The summed E-state index contributed by atoms with van der Waals surface area (Å²) in [4.78, 5) is 14.9. The number of piperidine rings is 1. The van der Waals surface area contributed by atoms with Crippen molar-refractivity contribution in [1.29, 1.82) is 0 Å². The Balaban J connectivity index is 1.66. The van der Waals surface area contributed by atoms with Gasteiger partial charge >= 0.3 is 0 Å². The van der Waals surface area contributed by atoms with Crippen molar-refractivity contribution in [3.63, 3.8) is 0 Å². The molecule has 0 radical (unpaired) electrons. The SMILES string of the molecule is CC1CCCN(c2ccc(C(C)NC(=O)CN(c3ccccc3F)S(C)(=O)=O)cc2)C1. The second-order valence-corrected chi connectivity index (χ2v) is 10.2. The van der Waals surface area contributed by atoms with Gasteiger partial charge in [0, 0.05) is 18.8 Å². The van der Waals surface area contributed by atoms with E-state index in [4.69, 9.17) is 0 Å². The Labute approximate surface area is 184 Å². The normalized spacial score (nSPS) is 17.8. The minimum atomic E-state index is -3.83. The number of amides is 1. The average molecular weight is 448 g/mol. The van der Waals surface area contributed by atoms with Crippen molar-refractivity contribution in [3.8, 4) is 0 Å². The largest absolute Gasteiger partial charge is 0.371 e. The second kappa shape index (κ2) is 9.68. The van der Waals surface area contributed by atoms with E-state index in [0.29, 0.717) is 5.92 Å². The molecule has 2 unspecified atom stereocenters. The fourth-order valence-electron chi connectivity index (χ4n) is 3.93. The predicted octanol–water partition coefficient (Wildman–Crippen LogP) is 3.71. The number of sulfonamides is 1. The summed E-state index contributed by atoms with van der Waals surface area (Å²) in [6, 6.07) is 13.2. The first-order valence-corrected chi connectivity index (χ1v) is 12.4. The van der Waals surface area contributed by atoms with Crippen LogP contribution in [0, 0.1) is 11.7 Å². The number of anilines is 2. The number of para-hydroxylation sites is 1. The maximum atomic E-state index is 14.1. The van der Waals surface area contributed by atoms with Crippen LogP contribution < -0.4 is 14.5 Å². The van der Waals surface area contributed by atoms with E-state index < -0.39 is 28.3 Å². The molecule has 0 aromatic heterocycles. The van der Waals surface area contributed by atoms with Crippen LogP contribution in [0.1, 0.15) is 38.3 Å². The molecule has 0 saturated carbocycles. The Morgan fingerprint density at radius 3 is 2.52 bits per heavy atom. The first-order chi connectivity index (χ1) is 14.6. The maximum Gasteiger partial charge on any atom is 0.241 e. The zero-order valence-corrected chi connectivity index (χ0v) is 19.0. The molecule has 2 aromatic rings. The fraction of sp³-hybridized carbons (Fsp3) is 0.435. The number of nitrogens with zero attached hydrogens (tertiary/aromatic N) is 2. The number of nitrogens with one attached hydrogen (secondary N) is 1. The summed E-state index contributed by atoms with van der Waals surface area (Å²) in [6.07, 6.45) is 3.40. The fourth-order valence-corrected chi connectivity index (χ4v) is 4.79. The van der Waals surface area contributed by atoms with Gasteiger partial charge in [-0.2, -0.15) is 0 Å². The molecule has 1 heterocycles. The number of rotatable bonds is 7. The van der Waals surface area contributed by atoms with Gasteiger partial charge in [-0.25, -0.2) is 12.8 Å². The lowest BCUT2D eigenvalue weighted by Gasteiger charge is -2.33. The number of hydrogen-bond donors (Lipinski definition) is 1. The van der Waals surface area contributed by atoms with Crippen LogP contribution in [0.3, 0.4) is 0 Å². The van der Waals surface area contributed by atoms with Gasteiger partial charge in [0.1, 0.15) is 12.4 Å². The summed E-state index contributed by atoms with van der Waals surface area (Å²) in [5.74, 6) is -0.523. The molecule has 31 heavy (non-hydrogen) atoms. The minimum absolute atomic E-state index is 0.145. The third-order valence-electron chi connectivity index (χ3n) is 5.60. The number of benzene rings is 2. The summed E-state index contributed by atoms with van der Waals surface area (Å²) in [7, 11) is -3.83. The molecule has 0 bridgehead atoms. The van der Waals surface area contributed by atoms with Crippen LogP contribution in [0.15, 0.2) is 48.5 Å². The molecule has 1 N–H and O–H groups in total. The molecule has 2 aromatic carbocycles. The van der Waals surface area contributed by atoms with E-state index >= 15 is 0 Å². The number of carbonyl (C=O) groups excluding carboxylic acids is 1. The van der Waals surface area contributed by atoms with Crippen molar-refractivity contribution < 1.29 is 17.6 Å². The van der Waals surface area contributed by atoms with Gasteiger partial charge in [0.2, 0.25) is 15.9 Å². The number of hydrogen-bond acceptors (Lipinski definition) is 4. The van der Waals surface area contributed by atoms with Gasteiger partial charge in [-0.05, 0) is 55.5 Å². The number of halogens is 1. The molecule has 1 amide bonds. The van der Waals surface area contributed by atoms with Gasteiger partial charge in [-0.15, -0.1) is 0 Å². The van der Waals surface area contributed by atoms with E-state index in [2.05, 4.69) is 29.3 Å². The van der Waals surface area contributed by atoms with Crippen LogP contribution in [0.25, 0.3) is 0 Å². The van der Waals surface area contributed by atoms with Gasteiger partial charge in [0.15, 0.2) is 0 Å². The van der Waals surface area contributed by atoms with Crippen LogP contribution in [-0.4, -0.2) is 40.2 Å². The lowest BCUT2D eigenvalue weighted by Crippen LogP contribution is -2.41. The van der Waals surface area contributed by atoms with Gasteiger partial charge in [-0.1, -0.05) is 31.2 Å². The first-order valence-electron chi connectivity index (χ1n) is 10.5. The van der Waals surface area contributed by atoms with Crippen LogP contribution in [0.2, 0.25) is 0 Å². The van der Waals surface area contributed by atoms with Crippen molar-refractivity contribution in [3.05, 3.63) is 59.9 Å². The smallest absolute Gasteiger partial charge is 0.241 e. The first kappa shape index (κ1) is 23.1. The lowest BCUT2D eigenvalue weighted by molar-refractivity contribution is -0.120. The van der Waals surface area contributed by atoms with E-state index in [-0.39, 0.29) is 11.7 Å². The average Bonchev–Trinajstić information content (AvgIpc) is 2.72. The predicted molar refractivity (Wildman–Crippen MR) is 122 cm³/mol. The van der Waals surface area contributed by atoms with E-state index in [1.807, 2.05) is 19.1 Å². The molecular weight excluding hydrogens is 417 g/mol. The highest BCUT2D eigenvalue weighted by Gasteiger charge is 2.24. The molecule has 0 aliphatic carbocycles. The Kier molecular flexibility index (Phi) is 7.20. The third-order valence-corrected chi connectivity index (χ3v) is 6.73. The molecule has 1 fully saturated rings. The molecule has 168 valence electrons. The molecule has 0 spiro atoms. The second-order valence-electron chi connectivity index (χ2n) is 8.30. The quantitative estimate of drug-likeness (QED) is 0.703. The highest BCUT2D eigenvalue weighted by atomic mass is 32.2. The van der Waals surface area contributed by atoms with Crippen LogP contribution in [0.4, 0.5) is 15.8 Å². The zero-order valence-electron chi connectivity index (χ0n) is 18.2. The highest BCUT2D eigenvalue weighted by Crippen LogP contribution is 2.25. The van der Waals surface area contributed by atoms with Crippen LogP contribution in [-0.2, 0) is 14.8 Å². The van der Waals surface area contributed by atoms with Gasteiger partial charge < -0.3 is 10.2 Å². The Morgan fingerprint density at radius 2 is 1.90 bits per heavy atom. The third kappa shape index (κ3) is 5.97. The van der Waals surface area contributed by atoms with E-state index in [1.54, 1.807) is 0 Å². The highest BCUT2D eigenvalue weighted by molar-refractivity contribution is 7.92. The molecular formula is C23H30FN3O3S. The molecule has 2 atom stereocenters. The van der Waals surface area contributed by atoms with Crippen LogP contribution in [0.5, 0.6) is 0 Å². The van der Waals surface area contributed by atoms with Crippen LogP contribution >= 0.6 is 0 Å². The molecule has 6 nitrogen and oxygen atoms in total. The number of carbonyl (C=O) groups is 1. The summed E-state index contributed by atoms with van der Waals surface area (Å²) in [5.41, 5.74) is 1.93. The van der Waals surface area contributed by atoms with Gasteiger partial charge in [0.05, 0.1) is 18.0 Å². The summed E-state index contributed by atoms with van der Waals surface area (Å²) < 4.78 is 39.2. The summed E-state index contributed by atoms with van der Waals surface area (Å²) >= 11 is 0. The maximum absolute atomic E-state index is 14.1. The molecule has 3 rings (SSSR count). The van der Waals surface area contributed by atoms with Crippen molar-refractivity contribution in [1.82, 2.24) is 5.32 Å². The zero-order chi connectivity index (χ0) is 22.6. The summed E-state index contributed by atoms with van der Waals surface area (Å²) in [6.45, 7) is 5.70. The molecule has 1 aliphatic heterocycles. The van der Waals surface area contributed by atoms with E-state index in [1.165, 1.54) is 37.1 Å². The summed E-state index contributed by atoms with van der Waals surface area (Å²) in [5, 5.41) is 2.81. The van der Waals surface area contributed by atoms with Crippen molar-refractivity contribution in [2.24, 2.45) is 5.92 Å². The van der Waals surface area contributed by atoms with Gasteiger partial charge in [-0.3, -0.25) is 9.10 Å². The molecule has 8 heteroatoms. The van der Waals surface area contributed by atoms with E-state index in [9.17, 15) is 17.6 Å². The van der Waals surface area contributed by atoms with Crippen molar-refractivity contribution >= 4 is 27.3 Å². The lowest BCUT2D eigenvalue weighted by atomic mass is 9.99. The van der Waals surface area contributed by atoms with Gasteiger partial charge in [0.25, 0.3) is 0 Å². The van der Waals surface area contributed by atoms with Crippen molar-refractivity contribution in [2.75, 3.05) is 35.1 Å². The standard InChI is InChI=1S/C23H30FN3O3S/c1-17-7-6-14-26(15-17)20-12-10-19(11-13-20)18(2)25-23(28)16-27(31(3,29)30)22-9-5-4-8-21(22)24/h4-5,8-13,17-18H,6-7,14-16H2,1-3H3,(H,25,28). The Morgan fingerprint density at radius 1 is 1.23 bits per heavy atom. The monoisotopic (exact) mass is 447 g/mol. The van der Waals surface area contributed by atoms with E-state index in [0.717, 1.165) is 34.9 Å². The Hall–Kier alpha value is -2.61. The van der Waals surface area contributed by atoms with Crippen molar-refractivity contribution in [2.45, 2.75) is 32.7 Å². The minimum Gasteiger partial charge on any atom is -0.371 e. The molecule has 1 saturated heterocycles. The molecule has 1 aliphatic rings. The topological polar surface area (TPSA) is 69.7 Å².